The Labute approximate surface area is 208 Å². The van der Waals surface area contributed by atoms with Gasteiger partial charge in [0.25, 0.3) is 5.91 Å². The fraction of sp³-hybridized carbons (Fsp3) is 0.500. The highest BCUT2D eigenvalue weighted by Gasteiger charge is 2.42. The van der Waals surface area contributed by atoms with Crippen LogP contribution < -0.4 is 4.74 Å². The molecule has 1 amide bonds. The molecule has 2 fully saturated rings. The van der Waals surface area contributed by atoms with Crippen LogP contribution in [-0.2, 0) is 13.1 Å². The van der Waals surface area contributed by atoms with Gasteiger partial charge in [0.2, 0.25) is 0 Å². The van der Waals surface area contributed by atoms with Gasteiger partial charge < -0.3 is 9.64 Å². The fourth-order valence-corrected chi connectivity index (χ4v) is 6.17. The molecule has 7 nitrogen and oxygen atoms in total. The Morgan fingerprint density at radius 1 is 1.23 bits per heavy atom. The molecule has 5 heterocycles. The third kappa shape index (κ3) is 4.16. The molecular weight excluding hydrogens is 469 g/mol. The molecule has 6 rings (SSSR count). The van der Waals surface area contributed by atoms with Crippen LogP contribution in [0, 0.1) is 11.7 Å². The molecule has 0 saturated carbocycles. The highest BCUT2D eigenvalue weighted by Crippen LogP contribution is 2.39. The van der Waals surface area contributed by atoms with E-state index in [0.29, 0.717) is 53.1 Å². The molecule has 184 valence electrons. The van der Waals surface area contributed by atoms with Crippen LogP contribution in [0.1, 0.15) is 61.1 Å². The number of carbonyl (C=O) groups excluding carboxylic acids is 1. The maximum absolute atomic E-state index is 14.2. The van der Waals surface area contributed by atoms with Crippen LogP contribution in [0.2, 0.25) is 5.02 Å². The first-order valence-electron chi connectivity index (χ1n) is 12.4. The average molecular weight is 498 g/mol. The second kappa shape index (κ2) is 8.75. The predicted octanol–water partition coefficient (Wildman–Crippen LogP) is 4.71. The lowest BCUT2D eigenvalue weighted by molar-refractivity contribution is 0.0413. The summed E-state index contributed by atoms with van der Waals surface area (Å²) in [6.45, 7) is 6.37. The van der Waals surface area contributed by atoms with Crippen molar-refractivity contribution in [3.8, 4) is 5.75 Å². The van der Waals surface area contributed by atoms with Gasteiger partial charge >= 0.3 is 0 Å². The summed E-state index contributed by atoms with van der Waals surface area (Å²) in [4.78, 5) is 22.2. The van der Waals surface area contributed by atoms with Crippen molar-refractivity contribution >= 4 is 23.2 Å². The lowest BCUT2D eigenvalue weighted by Crippen LogP contribution is -2.47. The van der Waals surface area contributed by atoms with E-state index in [1.165, 1.54) is 31.0 Å². The van der Waals surface area contributed by atoms with Crippen molar-refractivity contribution in [1.82, 2.24) is 24.4 Å². The Balaban J connectivity index is 1.20. The maximum atomic E-state index is 14.2. The lowest BCUT2D eigenvalue weighted by atomic mass is 9.98. The van der Waals surface area contributed by atoms with E-state index in [1.54, 1.807) is 21.8 Å². The fourth-order valence-electron chi connectivity index (χ4n) is 6.03. The number of carbonyl (C=O) groups is 1. The number of nitrogens with zero attached hydrogens (tertiary/aromatic N) is 5. The lowest BCUT2D eigenvalue weighted by Gasteiger charge is -2.40. The minimum atomic E-state index is -0.403. The summed E-state index contributed by atoms with van der Waals surface area (Å²) < 4.78 is 22.3. The third-order valence-electron chi connectivity index (χ3n) is 7.48. The van der Waals surface area contributed by atoms with E-state index in [9.17, 15) is 9.18 Å². The zero-order valence-corrected chi connectivity index (χ0v) is 20.7. The summed E-state index contributed by atoms with van der Waals surface area (Å²) in [6, 6.07) is 5.22. The molecule has 2 atom stereocenters. The minimum absolute atomic E-state index is 0.0156. The quantitative estimate of drug-likeness (QED) is 0.511. The van der Waals surface area contributed by atoms with Gasteiger partial charge in [-0.3, -0.25) is 9.69 Å². The minimum Gasteiger partial charge on any atom is -0.489 e. The van der Waals surface area contributed by atoms with E-state index in [2.05, 4.69) is 28.8 Å². The SMILES string of the molecule is CC(C)CN1[C@H]2CC[C@H]1CC(Oc1cc(F)ccc1C(=O)N1Cc3nn4cc(Cl)cnc4c3C1)C2. The number of hydrogen-bond donors (Lipinski definition) is 0. The molecule has 2 bridgehead atoms. The van der Waals surface area contributed by atoms with E-state index in [4.69, 9.17) is 16.3 Å². The van der Waals surface area contributed by atoms with Crippen molar-refractivity contribution in [2.45, 2.75) is 70.8 Å². The van der Waals surface area contributed by atoms with E-state index in [-0.39, 0.29) is 12.0 Å². The Kier molecular flexibility index (Phi) is 5.68. The number of halogens is 2. The number of benzene rings is 1. The summed E-state index contributed by atoms with van der Waals surface area (Å²) in [5.41, 5.74) is 2.79. The first-order valence-corrected chi connectivity index (χ1v) is 12.8. The second-order valence-corrected chi connectivity index (χ2v) is 10.9. The van der Waals surface area contributed by atoms with Crippen LogP contribution in [0.4, 0.5) is 4.39 Å². The molecule has 0 N–H and O–H groups in total. The standard InChI is InChI=1S/C26H29ClFN5O2/c1-15(2)11-32-18-4-5-19(32)9-20(8-18)35-24-7-17(28)3-6-21(24)26(34)31-13-22-23(14-31)30-33-12-16(27)10-29-25(22)33/h3,6-7,10,12,15,18-20H,4-5,8-9,11,13-14H2,1-2H3/t18-,19-/m0/s1. The van der Waals surface area contributed by atoms with Crippen LogP contribution in [0.15, 0.2) is 30.6 Å². The van der Waals surface area contributed by atoms with Gasteiger partial charge in [-0.15, -0.1) is 0 Å². The largest absolute Gasteiger partial charge is 0.489 e. The average Bonchev–Trinajstić information content (AvgIpc) is 3.42. The van der Waals surface area contributed by atoms with Crippen LogP contribution in [0.5, 0.6) is 5.75 Å². The number of amides is 1. The number of ether oxygens (including phenoxy) is 1. The van der Waals surface area contributed by atoms with Gasteiger partial charge in [0.15, 0.2) is 5.65 Å². The van der Waals surface area contributed by atoms with Crippen LogP contribution in [-0.4, -0.2) is 55.0 Å². The molecule has 9 heteroatoms. The molecule has 1 aromatic carbocycles. The molecule has 0 spiro atoms. The van der Waals surface area contributed by atoms with E-state index >= 15 is 0 Å². The van der Waals surface area contributed by atoms with Crippen LogP contribution >= 0.6 is 11.6 Å². The molecule has 2 aromatic heterocycles. The summed E-state index contributed by atoms with van der Waals surface area (Å²) in [5.74, 6) is 0.369. The first-order chi connectivity index (χ1) is 16.9. The molecule has 3 aliphatic heterocycles. The van der Waals surface area contributed by atoms with Gasteiger partial charge in [-0.25, -0.2) is 13.9 Å². The Bertz CT molecular complexity index is 1280. The summed E-state index contributed by atoms with van der Waals surface area (Å²) in [6.07, 6.45) is 7.45. The summed E-state index contributed by atoms with van der Waals surface area (Å²) in [7, 11) is 0. The zero-order chi connectivity index (χ0) is 24.3. The molecule has 3 aliphatic rings. The van der Waals surface area contributed by atoms with E-state index in [1.807, 2.05) is 0 Å². The van der Waals surface area contributed by atoms with Crippen molar-refractivity contribution in [3.05, 3.63) is 58.3 Å². The highest BCUT2D eigenvalue weighted by atomic mass is 35.5. The smallest absolute Gasteiger partial charge is 0.258 e. The maximum Gasteiger partial charge on any atom is 0.258 e. The van der Waals surface area contributed by atoms with Gasteiger partial charge in [-0.05, 0) is 43.7 Å². The van der Waals surface area contributed by atoms with Crippen LogP contribution in [0.25, 0.3) is 5.65 Å². The summed E-state index contributed by atoms with van der Waals surface area (Å²) >= 11 is 6.03. The normalized spacial score (nSPS) is 23.9. The van der Waals surface area contributed by atoms with Crippen molar-refractivity contribution in [3.63, 3.8) is 0 Å². The Morgan fingerprint density at radius 2 is 2.00 bits per heavy atom. The highest BCUT2D eigenvalue weighted by molar-refractivity contribution is 6.30. The Morgan fingerprint density at radius 3 is 2.74 bits per heavy atom. The van der Waals surface area contributed by atoms with Gasteiger partial charge in [-0.2, -0.15) is 5.10 Å². The monoisotopic (exact) mass is 497 g/mol. The Hall–Kier alpha value is -2.71. The molecule has 0 aliphatic carbocycles. The molecule has 2 saturated heterocycles. The molecular formula is C26H29ClFN5O2. The number of piperidine rings is 1. The number of hydrogen-bond acceptors (Lipinski definition) is 5. The molecule has 35 heavy (non-hydrogen) atoms. The van der Waals surface area contributed by atoms with Gasteiger partial charge in [0.1, 0.15) is 17.7 Å². The van der Waals surface area contributed by atoms with E-state index in [0.717, 1.165) is 30.6 Å². The van der Waals surface area contributed by atoms with Gasteiger partial charge in [0.05, 0.1) is 35.6 Å². The van der Waals surface area contributed by atoms with Crippen molar-refractivity contribution in [1.29, 1.82) is 0 Å². The second-order valence-electron chi connectivity index (χ2n) is 10.5. The summed E-state index contributed by atoms with van der Waals surface area (Å²) in [5, 5.41) is 5.04. The third-order valence-corrected chi connectivity index (χ3v) is 7.68. The first kappa shape index (κ1) is 22.7. The predicted molar refractivity (Wildman–Crippen MR) is 130 cm³/mol. The van der Waals surface area contributed by atoms with Crippen molar-refractivity contribution in [2.24, 2.45) is 5.92 Å². The topological polar surface area (TPSA) is 63.0 Å². The number of aromatic nitrogens is 3. The van der Waals surface area contributed by atoms with Crippen molar-refractivity contribution in [2.75, 3.05) is 6.54 Å². The van der Waals surface area contributed by atoms with E-state index < -0.39 is 5.82 Å². The molecule has 0 unspecified atom stereocenters. The van der Waals surface area contributed by atoms with Gasteiger partial charge in [-0.1, -0.05) is 25.4 Å². The number of rotatable bonds is 5. The zero-order valence-electron chi connectivity index (χ0n) is 20.0. The number of fused-ring (bicyclic) bond motifs is 5. The van der Waals surface area contributed by atoms with Gasteiger partial charge in [0, 0.05) is 36.5 Å². The molecule has 3 aromatic rings. The molecule has 0 radical (unpaired) electrons. The van der Waals surface area contributed by atoms with Crippen molar-refractivity contribution < 1.29 is 13.9 Å². The van der Waals surface area contributed by atoms with Crippen LogP contribution in [0.3, 0.4) is 0 Å².